The van der Waals surface area contributed by atoms with Crippen molar-refractivity contribution in [1.82, 2.24) is 9.80 Å². The highest BCUT2D eigenvalue weighted by molar-refractivity contribution is 6.08. The number of ether oxygens (including phenoxy) is 1. The molecule has 0 aromatic heterocycles. The molecule has 3 rings (SSSR count). The minimum atomic E-state index is -0.00668. The second kappa shape index (κ2) is 7.13. The maximum absolute atomic E-state index is 13.0. The van der Waals surface area contributed by atoms with Crippen LogP contribution in [0.5, 0.6) is 5.75 Å². The summed E-state index contributed by atoms with van der Waals surface area (Å²) >= 11 is 0. The molecule has 0 bridgehead atoms. The van der Waals surface area contributed by atoms with Crippen LogP contribution in [0.1, 0.15) is 24.2 Å². The van der Waals surface area contributed by atoms with E-state index in [0.29, 0.717) is 31.7 Å². The fourth-order valence-electron chi connectivity index (χ4n) is 3.30. The molecule has 5 heteroatoms. The number of benzene rings is 2. The van der Waals surface area contributed by atoms with Gasteiger partial charge in [-0.1, -0.05) is 38.1 Å². The van der Waals surface area contributed by atoms with Gasteiger partial charge in [0.1, 0.15) is 5.75 Å². The summed E-state index contributed by atoms with van der Waals surface area (Å²) in [7, 11) is 1.63. The second-order valence-corrected chi connectivity index (χ2v) is 6.63. The molecule has 25 heavy (non-hydrogen) atoms. The Labute approximate surface area is 148 Å². The monoisotopic (exact) mass is 340 g/mol. The third-order valence-electron chi connectivity index (χ3n) is 4.71. The van der Waals surface area contributed by atoms with Crippen LogP contribution in [0.25, 0.3) is 10.8 Å². The quantitative estimate of drug-likeness (QED) is 0.863. The molecule has 1 heterocycles. The van der Waals surface area contributed by atoms with Gasteiger partial charge in [-0.25, -0.2) is 0 Å². The van der Waals surface area contributed by atoms with E-state index in [1.54, 1.807) is 7.11 Å². The lowest BCUT2D eigenvalue weighted by atomic mass is 10.0. The Bertz CT molecular complexity index is 793. The summed E-state index contributed by atoms with van der Waals surface area (Å²) in [6.07, 6.45) is 0. The molecular formula is C20H24N2O3. The lowest BCUT2D eigenvalue weighted by Crippen LogP contribution is -2.51. The van der Waals surface area contributed by atoms with Crippen molar-refractivity contribution in [1.29, 1.82) is 0 Å². The van der Waals surface area contributed by atoms with Gasteiger partial charge in [0.25, 0.3) is 5.91 Å². The SMILES string of the molecule is COc1ccc(C(=O)N2CCN(C(=O)C(C)C)CC2)c2ccccc12. The van der Waals surface area contributed by atoms with Crippen LogP contribution in [0, 0.1) is 5.92 Å². The Hall–Kier alpha value is -2.56. The van der Waals surface area contributed by atoms with E-state index in [9.17, 15) is 9.59 Å². The molecule has 0 spiro atoms. The van der Waals surface area contributed by atoms with Crippen LogP contribution >= 0.6 is 0 Å². The van der Waals surface area contributed by atoms with E-state index in [2.05, 4.69) is 0 Å². The van der Waals surface area contributed by atoms with E-state index in [0.717, 1.165) is 16.5 Å². The summed E-state index contributed by atoms with van der Waals surface area (Å²) in [5.74, 6) is 0.921. The van der Waals surface area contributed by atoms with Crippen molar-refractivity contribution in [2.45, 2.75) is 13.8 Å². The van der Waals surface area contributed by atoms with Crippen LogP contribution < -0.4 is 4.74 Å². The van der Waals surface area contributed by atoms with Crippen LogP contribution in [0.3, 0.4) is 0 Å². The summed E-state index contributed by atoms with van der Waals surface area (Å²) in [6, 6.07) is 11.4. The van der Waals surface area contributed by atoms with Crippen LogP contribution in [0.15, 0.2) is 36.4 Å². The van der Waals surface area contributed by atoms with Crippen LogP contribution in [-0.2, 0) is 4.79 Å². The van der Waals surface area contributed by atoms with Crippen molar-refractivity contribution in [2.75, 3.05) is 33.3 Å². The predicted octanol–water partition coefficient (Wildman–Crippen LogP) is 2.79. The highest BCUT2D eigenvalue weighted by Crippen LogP contribution is 2.29. The van der Waals surface area contributed by atoms with E-state index >= 15 is 0 Å². The minimum absolute atomic E-state index is 0.00668. The third kappa shape index (κ3) is 3.31. The summed E-state index contributed by atoms with van der Waals surface area (Å²) in [5.41, 5.74) is 0.681. The first-order chi connectivity index (χ1) is 12.0. The number of carbonyl (C=O) groups excluding carboxylic acids is 2. The van der Waals surface area contributed by atoms with Gasteiger partial charge in [-0.15, -0.1) is 0 Å². The number of hydrogen-bond donors (Lipinski definition) is 0. The van der Waals surface area contributed by atoms with E-state index in [-0.39, 0.29) is 17.7 Å². The molecule has 1 saturated heterocycles. The number of fused-ring (bicyclic) bond motifs is 1. The van der Waals surface area contributed by atoms with Gasteiger partial charge in [0.2, 0.25) is 5.91 Å². The summed E-state index contributed by atoms with van der Waals surface area (Å²) in [6.45, 7) is 6.13. The van der Waals surface area contributed by atoms with Crippen molar-refractivity contribution in [3.05, 3.63) is 42.0 Å². The molecule has 0 aliphatic carbocycles. The van der Waals surface area contributed by atoms with Crippen molar-refractivity contribution >= 4 is 22.6 Å². The van der Waals surface area contributed by atoms with Crippen LogP contribution in [-0.4, -0.2) is 54.9 Å². The fraction of sp³-hybridized carbons (Fsp3) is 0.400. The summed E-state index contributed by atoms with van der Waals surface area (Å²) in [4.78, 5) is 28.8. The first-order valence-electron chi connectivity index (χ1n) is 8.66. The number of rotatable bonds is 3. The molecule has 1 aliphatic heterocycles. The molecule has 0 unspecified atom stereocenters. The molecule has 132 valence electrons. The molecule has 5 nitrogen and oxygen atoms in total. The third-order valence-corrected chi connectivity index (χ3v) is 4.71. The fourth-order valence-corrected chi connectivity index (χ4v) is 3.30. The van der Waals surface area contributed by atoms with Gasteiger partial charge < -0.3 is 14.5 Å². The minimum Gasteiger partial charge on any atom is -0.496 e. The van der Waals surface area contributed by atoms with Crippen molar-refractivity contribution in [2.24, 2.45) is 5.92 Å². The first kappa shape index (κ1) is 17.3. The Kier molecular flexibility index (Phi) is 4.93. The van der Waals surface area contributed by atoms with Gasteiger partial charge in [0, 0.05) is 43.0 Å². The molecule has 0 saturated carbocycles. The molecule has 0 atom stereocenters. The molecule has 2 aromatic carbocycles. The topological polar surface area (TPSA) is 49.9 Å². The molecular weight excluding hydrogens is 316 g/mol. The summed E-state index contributed by atoms with van der Waals surface area (Å²) < 4.78 is 5.40. The molecule has 2 amide bonds. The highest BCUT2D eigenvalue weighted by atomic mass is 16.5. The summed E-state index contributed by atoms with van der Waals surface area (Å²) in [5, 5.41) is 1.83. The first-order valence-corrected chi connectivity index (χ1v) is 8.66. The zero-order valence-electron chi connectivity index (χ0n) is 15.0. The number of nitrogens with zero attached hydrogens (tertiary/aromatic N) is 2. The van der Waals surface area contributed by atoms with E-state index in [1.165, 1.54) is 0 Å². The zero-order valence-corrected chi connectivity index (χ0v) is 15.0. The zero-order chi connectivity index (χ0) is 18.0. The molecule has 0 radical (unpaired) electrons. The number of hydrogen-bond acceptors (Lipinski definition) is 3. The Balaban J connectivity index is 1.81. The maximum Gasteiger partial charge on any atom is 0.254 e. The maximum atomic E-state index is 13.0. The number of carbonyl (C=O) groups is 2. The van der Waals surface area contributed by atoms with E-state index in [4.69, 9.17) is 4.74 Å². The second-order valence-electron chi connectivity index (χ2n) is 6.63. The van der Waals surface area contributed by atoms with Crippen molar-refractivity contribution in [3.8, 4) is 5.75 Å². The lowest BCUT2D eigenvalue weighted by Gasteiger charge is -2.35. The van der Waals surface area contributed by atoms with E-state index in [1.807, 2.05) is 60.0 Å². The van der Waals surface area contributed by atoms with Crippen molar-refractivity contribution < 1.29 is 14.3 Å². The van der Waals surface area contributed by atoms with Gasteiger partial charge in [-0.05, 0) is 17.5 Å². The molecule has 2 aromatic rings. The van der Waals surface area contributed by atoms with Crippen molar-refractivity contribution in [3.63, 3.8) is 0 Å². The lowest BCUT2D eigenvalue weighted by molar-refractivity contribution is -0.135. The highest BCUT2D eigenvalue weighted by Gasteiger charge is 2.26. The number of amides is 2. The molecule has 1 fully saturated rings. The van der Waals surface area contributed by atoms with Gasteiger partial charge >= 0.3 is 0 Å². The number of methoxy groups -OCH3 is 1. The van der Waals surface area contributed by atoms with Gasteiger partial charge in [-0.2, -0.15) is 0 Å². The predicted molar refractivity (Wildman–Crippen MR) is 97.8 cm³/mol. The normalized spacial score (nSPS) is 14.9. The Morgan fingerprint density at radius 2 is 1.52 bits per heavy atom. The van der Waals surface area contributed by atoms with Gasteiger partial charge in [0.05, 0.1) is 7.11 Å². The Morgan fingerprint density at radius 3 is 2.12 bits per heavy atom. The smallest absolute Gasteiger partial charge is 0.254 e. The van der Waals surface area contributed by atoms with Gasteiger partial charge in [-0.3, -0.25) is 9.59 Å². The number of piperazine rings is 1. The van der Waals surface area contributed by atoms with E-state index < -0.39 is 0 Å². The Morgan fingerprint density at radius 1 is 0.920 bits per heavy atom. The average molecular weight is 340 g/mol. The van der Waals surface area contributed by atoms with Crippen LogP contribution in [0.2, 0.25) is 0 Å². The molecule has 1 aliphatic rings. The largest absolute Gasteiger partial charge is 0.496 e. The van der Waals surface area contributed by atoms with Gasteiger partial charge in [0.15, 0.2) is 0 Å². The average Bonchev–Trinajstić information content (AvgIpc) is 2.66. The standard InChI is InChI=1S/C20H24N2O3/c1-14(2)19(23)21-10-12-22(13-11-21)20(24)17-8-9-18(25-3)16-7-5-4-6-15(16)17/h4-9,14H,10-13H2,1-3H3. The molecule has 0 N–H and O–H groups in total. The van der Waals surface area contributed by atoms with Crippen LogP contribution in [0.4, 0.5) is 0 Å².